The van der Waals surface area contributed by atoms with Crippen LogP contribution >= 0.6 is 11.6 Å². The third kappa shape index (κ3) is 2.37. The molecule has 0 N–H and O–H groups in total. The minimum atomic E-state index is -0.252. The average Bonchev–Trinajstić information content (AvgIpc) is 3.07. The highest BCUT2D eigenvalue weighted by molar-refractivity contribution is 6.16. The Bertz CT molecular complexity index is 932. The average molecular weight is 328 g/mol. The first-order valence-corrected chi connectivity index (χ1v) is 7.95. The van der Waals surface area contributed by atoms with E-state index in [1.807, 2.05) is 18.2 Å². The van der Waals surface area contributed by atoms with Gasteiger partial charge in [-0.05, 0) is 31.0 Å². The number of hydrogen-bond acceptors (Lipinski definition) is 5. The van der Waals surface area contributed by atoms with Crippen molar-refractivity contribution < 1.29 is 4.52 Å². The fraction of sp³-hybridized carbons (Fsp3) is 0.375. The second-order valence-corrected chi connectivity index (χ2v) is 6.25. The molecule has 2 heterocycles. The molecule has 1 aromatic carbocycles. The summed E-state index contributed by atoms with van der Waals surface area (Å²) in [5, 5.41) is 13.3. The van der Waals surface area contributed by atoms with Crippen molar-refractivity contribution in [2.24, 2.45) is 5.41 Å². The Morgan fingerprint density at radius 2 is 2.22 bits per heavy atom. The van der Waals surface area contributed by atoms with Gasteiger partial charge in [-0.25, -0.2) is 4.98 Å². The zero-order valence-electron chi connectivity index (χ0n) is 12.6. The van der Waals surface area contributed by atoms with Gasteiger partial charge in [0.15, 0.2) is 0 Å². The third-order valence-corrected chi connectivity index (χ3v) is 4.52. The Kier molecular flexibility index (Phi) is 3.13. The molecule has 23 heavy (non-hydrogen) atoms. The van der Waals surface area contributed by atoms with Crippen LogP contribution in [0.4, 0.5) is 0 Å². The van der Waals surface area contributed by atoms with Crippen LogP contribution in [0.25, 0.3) is 22.4 Å². The van der Waals surface area contributed by atoms with Crippen molar-refractivity contribution in [1.29, 1.82) is 5.26 Å². The van der Waals surface area contributed by atoms with E-state index < -0.39 is 0 Å². The summed E-state index contributed by atoms with van der Waals surface area (Å²) in [5.74, 6) is 2.16. The lowest BCUT2D eigenvalue weighted by molar-refractivity contribution is 0.394. The standard InChI is InChI=1S/C16H14ClN5O/c1-10-19-15(21-23-10)11-2-3-13-12(6-11)20-14(7-17)22(13)9-16(8-18)4-5-16/h2-3,6H,4-5,7,9H2,1H3. The highest BCUT2D eigenvalue weighted by Crippen LogP contribution is 2.47. The Balaban J connectivity index is 1.80. The molecule has 6 nitrogen and oxygen atoms in total. The van der Waals surface area contributed by atoms with Crippen molar-refractivity contribution in [1.82, 2.24) is 19.7 Å². The lowest BCUT2D eigenvalue weighted by Gasteiger charge is -2.11. The van der Waals surface area contributed by atoms with Crippen LogP contribution in [0.1, 0.15) is 24.6 Å². The zero-order chi connectivity index (χ0) is 16.0. The van der Waals surface area contributed by atoms with Gasteiger partial charge in [0.05, 0.1) is 28.4 Å². The number of hydrogen-bond donors (Lipinski definition) is 0. The molecule has 116 valence electrons. The summed E-state index contributed by atoms with van der Waals surface area (Å²) in [4.78, 5) is 8.84. The summed E-state index contributed by atoms with van der Waals surface area (Å²) in [6, 6.07) is 8.27. The van der Waals surface area contributed by atoms with E-state index in [1.165, 1.54) is 0 Å². The summed E-state index contributed by atoms with van der Waals surface area (Å²) < 4.78 is 7.09. The van der Waals surface area contributed by atoms with Gasteiger partial charge in [-0.15, -0.1) is 11.6 Å². The van der Waals surface area contributed by atoms with E-state index in [0.29, 0.717) is 24.1 Å². The normalized spacial score (nSPS) is 15.7. The number of nitriles is 1. The van der Waals surface area contributed by atoms with Gasteiger partial charge in [0, 0.05) is 19.0 Å². The zero-order valence-corrected chi connectivity index (χ0v) is 13.3. The van der Waals surface area contributed by atoms with Gasteiger partial charge in [0.25, 0.3) is 0 Å². The van der Waals surface area contributed by atoms with Crippen LogP contribution in [-0.4, -0.2) is 19.7 Å². The molecule has 1 fully saturated rings. The van der Waals surface area contributed by atoms with Crippen molar-refractivity contribution >= 4 is 22.6 Å². The molecule has 4 rings (SSSR count). The second-order valence-electron chi connectivity index (χ2n) is 5.98. The molecule has 0 aliphatic heterocycles. The maximum atomic E-state index is 9.34. The molecule has 3 aromatic rings. The van der Waals surface area contributed by atoms with Crippen LogP contribution in [0.15, 0.2) is 22.7 Å². The molecule has 0 radical (unpaired) electrons. The Hall–Kier alpha value is -2.39. The molecule has 1 aliphatic rings. The van der Waals surface area contributed by atoms with Crippen molar-refractivity contribution in [2.45, 2.75) is 32.2 Å². The Morgan fingerprint density at radius 1 is 1.39 bits per heavy atom. The molecule has 0 unspecified atom stereocenters. The van der Waals surface area contributed by atoms with Crippen LogP contribution in [-0.2, 0) is 12.4 Å². The van der Waals surface area contributed by atoms with E-state index in [2.05, 4.69) is 25.8 Å². The Morgan fingerprint density at radius 3 is 2.83 bits per heavy atom. The maximum Gasteiger partial charge on any atom is 0.223 e. The van der Waals surface area contributed by atoms with Crippen molar-refractivity contribution in [3.8, 4) is 17.5 Å². The number of aromatic nitrogens is 4. The van der Waals surface area contributed by atoms with Crippen LogP contribution in [0.3, 0.4) is 0 Å². The first-order chi connectivity index (χ1) is 11.1. The third-order valence-electron chi connectivity index (χ3n) is 4.28. The number of halogens is 1. The predicted octanol–water partition coefficient (Wildman–Crippen LogP) is 3.44. The molecule has 1 aliphatic carbocycles. The molecule has 1 saturated carbocycles. The summed E-state index contributed by atoms with van der Waals surface area (Å²) >= 11 is 6.05. The van der Waals surface area contributed by atoms with E-state index in [-0.39, 0.29) is 5.41 Å². The molecule has 0 saturated heterocycles. The largest absolute Gasteiger partial charge is 0.339 e. The highest BCUT2D eigenvalue weighted by atomic mass is 35.5. The minimum absolute atomic E-state index is 0.252. The van der Waals surface area contributed by atoms with Crippen molar-refractivity contribution in [3.63, 3.8) is 0 Å². The molecule has 0 atom stereocenters. The Labute approximate surface area is 137 Å². The lowest BCUT2D eigenvalue weighted by Crippen LogP contribution is -2.11. The highest BCUT2D eigenvalue weighted by Gasteiger charge is 2.44. The molecular weight excluding hydrogens is 314 g/mol. The van der Waals surface area contributed by atoms with E-state index in [1.54, 1.807) is 6.92 Å². The van der Waals surface area contributed by atoms with Gasteiger partial charge >= 0.3 is 0 Å². The van der Waals surface area contributed by atoms with Crippen LogP contribution < -0.4 is 0 Å². The van der Waals surface area contributed by atoms with E-state index >= 15 is 0 Å². The summed E-state index contributed by atoms with van der Waals surface area (Å²) in [6.45, 7) is 2.40. The summed E-state index contributed by atoms with van der Waals surface area (Å²) in [7, 11) is 0. The molecule has 7 heteroatoms. The number of imidazole rings is 1. The van der Waals surface area contributed by atoms with Gasteiger partial charge in [-0.3, -0.25) is 0 Å². The van der Waals surface area contributed by atoms with Crippen molar-refractivity contribution in [2.75, 3.05) is 0 Å². The summed E-state index contributed by atoms with van der Waals surface area (Å²) in [6.07, 6.45) is 1.87. The van der Waals surface area contributed by atoms with Crippen molar-refractivity contribution in [3.05, 3.63) is 29.9 Å². The minimum Gasteiger partial charge on any atom is -0.339 e. The number of alkyl halides is 1. The monoisotopic (exact) mass is 327 g/mol. The molecule has 2 aromatic heterocycles. The van der Waals surface area contributed by atoms with E-state index in [9.17, 15) is 5.26 Å². The lowest BCUT2D eigenvalue weighted by atomic mass is 10.1. The number of nitrogens with zero attached hydrogens (tertiary/aromatic N) is 5. The predicted molar refractivity (Wildman–Crippen MR) is 84.6 cm³/mol. The second kappa shape index (κ2) is 5.07. The van der Waals surface area contributed by atoms with Crippen LogP contribution in [0.5, 0.6) is 0 Å². The van der Waals surface area contributed by atoms with Gasteiger partial charge in [-0.1, -0.05) is 5.16 Å². The SMILES string of the molecule is Cc1nc(-c2ccc3c(c2)nc(CCl)n3CC2(C#N)CC2)no1. The number of fused-ring (bicyclic) bond motifs is 1. The maximum absolute atomic E-state index is 9.34. The topological polar surface area (TPSA) is 80.5 Å². The molecule has 0 amide bonds. The number of aryl methyl sites for hydroxylation is 1. The van der Waals surface area contributed by atoms with Gasteiger partial charge in [0.2, 0.25) is 11.7 Å². The molecule has 0 bridgehead atoms. The van der Waals surface area contributed by atoms with Crippen LogP contribution in [0, 0.1) is 23.7 Å². The summed E-state index contributed by atoms with van der Waals surface area (Å²) in [5.41, 5.74) is 2.40. The number of rotatable bonds is 4. The quantitative estimate of drug-likeness (QED) is 0.686. The van der Waals surface area contributed by atoms with Gasteiger partial charge < -0.3 is 9.09 Å². The van der Waals surface area contributed by atoms with E-state index in [0.717, 1.165) is 35.3 Å². The van der Waals surface area contributed by atoms with E-state index in [4.69, 9.17) is 16.1 Å². The molecular formula is C16H14ClN5O. The van der Waals surface area contributed by atoms with Gasteiger partial charge in [0.1, 0.15) is 5.82 Å². The number of benzene rings is 1. The van der Waals surface area contributed by atoms with Crippen LogP contribution in [0.2, 0.25) is 0 Å². The fourth-order valence-electron chi connectivity index (χ4n) is 2.77. The first-order valence-electron chi connectivity index (χ1n) is 7.41. The molecule has 0 spiro atoms. The van der Waals surface area contributed by atoms with Gasteiger partial charge in [-0.2, -0.15) is 10.2 Å². The first kappa shape index (κ1) is 14.2. The fourth-order valence-corrected chi connectivity index (χ4v) is 2.98. The smallest absolute Gasteiger partial charge is 0.223 e.